The van der Waals surface area contributed by atoms with Crippen LogP contribution in [0.4, 0.5) is 0 Å². The van der Waals surface area contributed by atoms with E-state index in [-0.39, 0.29) is 0 Å². The minimum atomic E-state index is 0.373. The topological polar surface area (TPSA) is 24.9 Å². The van der Waals surface area contributed by atoms with Crippen molar-refractivity contribution >= 4 is 0 Å². The monoisotopic (exact) mass is 218 g/mol. The van der Waals surface area contributed by atoms with E-state index in [0.717, 1.165) is 11.6 Å². The Labute approximate surface area is 98.5 Å². The molecule has 0 bridgehead atoms. The van der Waals surface area contributed by atoms with Crippen LogP contribution in [-0.2, 0) is 0 Å². The van der Waals surface area contributed by atoms with Gasteiger partial charge in [-0.25, -0.2) is 0 Å². The van der Waals surface area contributed by atoms with Crippen molar-refractivity contribution in [2.75, 3.05) is 0 Å². The molecule has 0 radical (unpaired) electrons. The van der Waals surface area contributed by atoms with Crippen LogP contribution in [0.2, 0.25) is 0 Å². The van der Waals surface area contributed by atoms with E-state index in [0.29, 0.717) is 12.1 Å². The third kappa shape index (κ3) is 2.62. The fraction of sp³-hybridized carbons (Fsp3) is 0.643. The van der Waals surface area contributed by atoms with Crippen molar-refractivity contribution in [3.8, 4) is 0 Å². The number of hydrogen-bond acceptors (Lipinski definition) is 2. The summed E-state index contributed by atoms with van der Waals surface area (Å²) in [5, 5.41) is 3.73. The molecule has 0 saturated heterocycles. The van der Waals surface area contributed by atoms with Gasteiger partial charge >= 0.3 is 0 Å². The highest BCUT2D eigenvalue weighted by atomic mass is 15.0. The molecule has 1 N–H and O–H groups in total. The first kappa shape index (κ1) is 11.6. The van der Waals surface area contributed by atoms with Gasteiger partial charge in [-0.15, -0.1) is 0 Å². The van der Waals surface area contributed by atoms with Crippen molar-refractivity contribution in [2.45, 2.75) is 51.6 Å². The Bertz CT molecular complexity index is 310. The average Bonchev–Trinajstić information content (AvgIpc) is 2.77. The molecule has 0 spiro atoms. The average molecular weight is 218 g/mol. The molecule has 2 heteroatoms. The number of nitrogens with one attached hydrogen (secondary N) is 1. The van der Waals surface area contributed by atoms with Crippen molar-refractivity contribution in [2.24, 2.45) is 5.92 Å². The lowest BCUT2D eigenvalue weighted by atomic mass is 9.99. The van der Waals surface area contributed by atoms with Crippen molar-refractivity contribution < 1.29 is 0 Å². The first-order valence-electron chi connectivity index (χ1n) is 6.48. The number of aromatic nitrogens is 1. The van der Waals surface area contributed by atoms with Crippen LogP contribution in [0.1, 0.15) is 51.3 Å². The number of rotatable bonds is 4. The molecule has 1 heterocycles. The molecule has 0 amide bonds. The van der Waals surface area contributed by atoms with Crippen LogP contribution >= 0.6 is 0 Å². The largest absolute Gasteiger partial charge is 0.306 e. The van der Waals surface area contributed by atoms with Crippen LogP contribution in [0.15, 0.2) is 24.4 Å². The van der Waals surface area contributed by atoms with Gasteiger partial charge in [0, 0.05) is 18.3 Å². The van der Waals surface area contributed by atoms with E-state index in [1.54, 1.807) is 0 Å². The summed E-state index contributed by atoms with van der Waals surface area (Å²) in [4.78, 5) is 4.41. The maximum Gasteiger partial charge on any atom is 0.0570 e. The van der Waals surface area contributed by atoms with Gasteiger partial charge in [0.25, 0.3) is 0 Å². The number of nitrogens with zero attached hydrogens (tertiary/aromatic N) is 1. The number of hydrogen-bond donors (Lipinski definition) is 1. The summed E-state index contributed by atoms with van der Waals surface area (Å²) in [6, 6.07) is 7.21. The highest BCUT2D eigenvalue weighted by Crippen LogP contribution is 2.29. The zero-order valence-corrected chi connectivity index (χ0v) is 10.3. The van der Waals surface area contributed by atoms with E-state index in [1.807, 2.05) is 12.3 Å². The fourth-order valence-corrected chi connectivity index (χ4v) is 2.78. The van der Waals surface area contributed by atoms with E-state index in [2.05, 4.69) is 36.3 Å². The molecule has 3 atom stereocenters. The molecule has 2 nitrogen and oxygen atoms in total. The second-order valence-corrected chi connectivity index (χ2v) is 4.85. The highest BCUT2D eigenvalue weighted by molar-refractivity contribution is 5.08. The van der Waals surface area contributed by atoms with Gasteiger partial charge in [-0.2, -0.15) is 0 Å². The molecule has 1 aliphatic rings. The minimum Gasteiger partial charge on any atom is -0.306 e. The quantitative estimate of drug-likeness (QED) is 0.838. The predicted octanol–water partition coefficient (Wildman–Crippen LogP) is 3.31. The van der Waals surface area contributed by atoms with E-state index in [9.17, 15) is 0 Å². The Balaban J connectivity index is 1.94. The highest BCUT2D eigenvalue weighted by Gasteiger charge is 2.26. The molecule has 3 unspecified atom stereocenters. The minimum absolute atomic E-state index is 0.373. The molecule has 2 rings (SSSR count). The molecule has 1 aromatic heterocycles. The fourth-order valence-electron chi connectivity index (χ4n) is 2.78. The van der Waals surface area contributed by atoms with E-state index in [1.165, 1.54) is 25.7 Å². The van der Waals surface area contributed by atoms with Crippen LogP contribution in [-0.4, -0.2) is 11.0 Å². The Kier molecular flexibility index (Phi) is 3.94. The third-order valence-electron chi connectivity index (χ3n) is 3.78. The molecule has 0 aromatic carbocycles. The Morgan fingerprint density at radius 2 is 2.31 bits per heavy atom. The molecule has 1 saturated carbocycles. The summed E-state index contributed by atoms with van der Waals surface area (Å²) in [5.74, 6) is 0.867. The van der Waals surface area contributed by atoms with Gasteiger partial charge in [0.2, 0.25) is 0 Å². The Hall–Kier alpha value is -0.890. The molecule has 1 aliphatic carbocycles. The Morgan fingerprint density at radius 3 is 3.00 bits per heavy atom. The van der Waals surface area contributed by atoms with Gasteiger partial charge in [-0.05, 0) is 37.8 Å². The van der Waals surface area contributed by atoms with Crippen molar-refractivity contribution in [3.63, 3.8) is 0 Å². The van der Waals surface area contributed by atoms with Crippen LogP contribution < -0.4 is 5.32 Å². The second-order valence-electron chi connectivity index (χ2n) is 4.85. The predicted molar refractivity (Wildman–Crippen MR) is 67.2 cm³/mol. The summed E-state index contributed by atoms with van der Waals surface area (Å²) in [5.41, 5.74) is 1.16. The number of pyridine rings is 1. The van der Waals surface area contributed by atoms with E-state index >= 15 is 0 Å². The molecule has 16 heavy (non-hydrogen) atoms. The molecule has 0 aliphatic heterocycles. The lowest BCUT2D eigenvalue weighted by Gasteiger charge is -2.24. The van der Waals surface area contributed by atoms with Crippen molar-refractivity contribution in [1.29, 1.82) is 0 Å². The van der Waals surface area contributed by atoms with E-state index in [4.69, 9.17) is 0 Å². The van der Waals surface area contributed by atoms with E-state index < -0.39 is 0 Å². The normalized spacial score (nSPS) is 26.9. The SMILES string of the molecule is CCC1CCCC1NC(C)c1ccccn1. The molecular weight excluding hydrogens is 196 g/mol. The standard InChI is InChI=1S/C14H22N2/c1-3-12-7-6-9-14(12)16-11(2)13-8-4-5-10-15-13/h4-5,8,10-12,14,16H,3,6-7,9H2,1-2H3. The lowest BCUT2D eigenvalue weighted by molar-refractivity contribution is 0.357. The zero-order valence-electron chi connectivity index (χ0n) is 10.3. The van der Waals surface area contributed by atoms with Gasteiger partial charge in [-0.3, -0.25) is 4.98 Å². The van der Waals surface area contributed by atoms with Gasteiger partial charge in [0.15, 0.2) is 0 Å². The van der Waals surface area contributed by atoms with Crippen molar-refractivity contribution in [3.05, 3.63) is 30.1 Å². The lowest BCUT2D eigenvalue weighted by Crippen LogP contribution is -2.34. The summed E-state index contributed by atoms with van der Waals surface area (Å²) in [6.07, 6.45) is 7.27. The van der Waals surface area contributed by atoms with Gasteiger partial charge in [0.05, 0.1) is 5.69 Å². The van der Waals surface area contributed by atoms with Crippen molar-refractivity contribution in [1.82, 2.24) is 10.3 Å². The summed E-state index contributed by atoms with van der Waals surface area (Å²) >= 11 is 0. The maximum atomic E-state index is 4.41. The van der Waals surface area contributed by atoms with Crippen LogP contribution in [0.3, 0.4) is 0 Å². The summed E-state index contributed by atoms with van der Waals surface area (Å²) < 4.78 is 0. The second kappa shape index (κ2) is 5.44. The summed E-state index contributed by atoms with van der Waals surface area (Å²) in [7, 11) is 0. The van der Waals surface area contributed by atoms with Gasteiger partial charge in [-0.1, -0.05) is 25.8 Å². The molecular formula is C14H22N2. The van der Waals surface area contributed by atoms with Gasteiger partial charge < -0.3 is 5.32 Å². The maximum absolute atomic E-state index is 4.41. The smallest absolute Gasteiger partial charge is 0.0570 e. The molecule has 88 valence electrons. The first-order chi connectivity index (χ1) is 7.81. The van der Waals surface area contributed by atoms with Crippen LogP contribution in [0.25, 0.3) is 0 Å². The molecule has 1 fully saturated rings. The van der Waals surface area contributed by atoms with Crippen LogP contribution in [0, 0.1) is 5.92 Å². The zero-order chi connectivity index (χ0) is 11.4. The first-order valence-corrected chi connectivity index (χ1v) is 6.48. The molecule has 1 aromatic rings. The van der Waals surface area contributed by atoms with Gasteiger partial charge in [0.1, 0.15) is 0 Å². The third-order valence-corrected chi connectivity index (χ3v) is 3.78. The summed E-state index contributed by atoms with van der Waals surface area (Å²) in [6.45, 7) is 4.52. The van der Waals surface area contributed by atoms with Crippen LogP contribution in [0.5, 0.6) is 0 Å². The Morgan fingerprint density at radius 1 is 1.44 bits per heavy atom.